The molecule has 4 aromatic rings. The number of allylic oxidation sites excluding steroid dienone is 2. The van der Waals surface area contributed by atoms with Crippen LogP contribution in [0.5, 0.6) is 0 Å². The summed E-state index contributed by atoms with van der Waals surface area (Å²) in [5, 5.41) is 17.8. The maximum atomic E-state index is 5.74. The number of benzene rings is 2. The first-order valence-corrected chi connectivity index (χ1v) is 14.2. The van der Waals surface area contributed by atoms with Crippen molar-refractivity contribution in [2.24, 2.45) is 0 Å². The van der Waals surface area contributed by atoms with Gasteiger partial charge in [-0.2, -0.15) is 10.1 Å². The van der Waals surface area contributed by atoms with Crippen LogP contribution in [0.3, 0.4) is 0 Å². The number of rotatable bonds is 9. The minimum absolute atomic E-state index is 0.424. The molecular weight excluding hydrogens is 512 g/mol. The summed E-state index contributed by atoms with van der Waals surface area (Å²) in [7, 11) is 0. The molecule has 206 valence electrons. The Kier molecular flexibility index (Phi) is 6.95. The van der Waals surface area contributed by atoms with Crippen molar-refractivity contribution >= 4 is 28.8 Å². The Morgan fingerprint density at radius 2 is 1.76 bits per heavy atom. The van der Waals surface area contributed by atoms with Crippen LogP contribution in [0.4, 0.5) is 23.3 Å². The summed E-state index contributed by atoms with van der Waals surface area (Å²) in [6.45, 7) is 4.46. The zero-order valence-corrected chi connectivity index (χ0v) is 22.7. The summed E-state index contributed by atoms with van der Waals surface area (Å²) in [6.07, 6.45) is 6.01. The number of H-pyrrole nitrogens is 1. The molecule has 4 N–H and O–H groups in total. The molecule has 0 atom stereocenters. The van der Waals surface area contributed by atoms with Gasteiger partial charge in [0, 0.05) is 66.7 Å². The fraction of sp³-hybridized carbons (Fsp3) is 0.250. The Hall–Kier alpha value is -4.85. The molecule has 2 aromatic carbocycles. The van der Waals surface area contributed by atoms with Crippen molar-refractivity contribution < 1.29 is 4.74 Å². The van der Waals surface area contributed by atoms with E-state index in [0.29, 0.717) is 24.2 Å². The maximum Gasteiger partial charge on any atom is 0.225 e. The lowest BCUT2D eigenvalue weighted by molar-refractivity contribution is 0.347. The summed E-state index contributed by atoms with van der Waals surface area (Å²) in [4.78, 5) is 12.0. The highest BCUT2D eigenvalue weighted by Crippen LogP contribution is 2.39. The van der Waals surface area contributed by atoms with Gasteiger partial charge in [0.25, 0.3) is 0 Å². The van der Waals surface area contributed by atoms with Gasteiger partial charge in [-0.3, -0.25) is 5.10 Å². The minimum Gasteiger partial charge on any atom is -0.459 e. The molecule has 41 heavy (non-hydrogen) atoms. The van der Waals surface area contributed by atoms with Crippen LogP contribution in [0.1, 0.15) is 30.0 Å². The third-order valence-electron chi connectivity index (χ3n) is 7.48. The third kappa shape index (κ3) is 6.01. The average molecular weight is 545 g/mol. The van der Waals surface area contributed by atoms with E-state index in [1.54, 1.807) is 6.26 Å². The van der Waals surface area contributed by atoms with Crippen molar-refractivity contribution in [3.63, 3.8) is 0 Å². The van der Waals surface area contributed by atoms with E-state index >= 15 is 0 Å². The van der Waals surface area contributed by atoms with Gasteiger partial charge in [-0.15, -0.1) is 0 Å². The standard InChI is InChI=1S/C32H32N8O/c1-2-4-22(5-3-1)25-12-17-41-27(18-25)21-34-32-35-28(23-8-10-26(11-9-23)40-15-13-33-14-16-40)19-30(37-32)36-31-20-29(38-39-31)24-6-7-24/h1-5,8-11,17-20,24,33H,6-7,13-16,21H2,(H3,34,35,36,37,38,39). The molecule has 9 heteroatoms. The Labute approximate surface area is 239 Å². The van der Waals surface area contributed by atoms with Crippen molar-refractivity contribution in [3.05, 3.63) is 102 Å². The van der Waals surface area contributed by atoms with Gasteiger partial charge in [-0.25, -0.2) is 4.98 Å². The summed E-state index contributed by atoms with van der Waals surface area (Å²) < 4.78 is 5.74. The summed E-state index contributed by atoms with van der Waals surface area (Å²) >= 11 is 0. The second-order valence-corrected chi connectivity index (χ2v) is 10.5. The number of aromatic nitrogens is 4. The number of nitrogens with zero attached hydrogens (tertiary/aromatic N) is 4. The molecule has 0 unspecified atom stereocenters. The largest absolute Gasteiger partial charge is 0.459 e. The summed E-state index contributed by atoms with van der Waals surface area (Å²) in [5.41, 5.74) is 9.46. The molecule has 2 fully saturated rings. The van der Waals surface area contributed by atoms with Gasteiger partial charge in [0.05, 0.1) is 12.2 Å². The highest BCUT2D eigenvalue weighted by atomic mass is 16.5. The normalized spacial score (nSPS) is 16.5. The highest BCUT2D eigenvalue weighted by molar-refractivity contribution is 5.74. The van der Waals surface area contributed by atoms with Crippen LogP contribution in [0, 0.1) is 0 Å². The van der Waals surface area contributed by atoms with E-state index in [1.807, 2.05) is 30.3 Å². The zero-order chi connectivity index (χ0) is 27.4. The van der Waals surface area contributed by atoms with Crippen LogP contribution in [-0.4, -0.2) is 52.9 Å². The molecule has 0 spiro atoms. The number of piperazine rings is 1. The Bertz CT molecular complexity index is 1610. The number of hydrogen-bond acceptors (Lipinski definition) is 8. The van der Waals surface area contributed by atoms with Crippen LogP contribution in [0.2, 0.25) is 0 Å². The quantitative estimate of drug-likeness (QED) is 0.207. The number of aromatic amines is 1. The van der Waals surface area contributed by atoms with Crippen molar-refractivity contribution in [1.29, 1.82) is 0 Å². The maximum absolute atomic E-state index is 5.74. The number of ether oxygens (including phenoxy) is 1. The van der Waals surface area contributed by atoms with Gasteiger partial charge in [-0.1, -0.05) is 48.2 Å². The second kappa shape index (κ2) is 11.3. The number of nitrogens with one attached hydrogen (secondary N) is 4. The van der Waals surface area contributed by atoms with Gasteiger partial charge in [0.15, 0.2) is 5.82 Å². The molecule has 0 amide bonds. The van der Waals surface area contributed by atoms with Crippen LogP contribution < -0.4 is 20.9 Å². The fourth-order valence-corrected chi connectivity index (χ4v) is 5.09. The molecule has 4 heterocycles. The van der Waals surface area contributed by atoms with Crippen molar-refractivity contribution in [3.8, 4) is 11.3 Å². The zero-order valence-electron chi connectivity index (χ0n) is 22.7. The van der Waals surface area contributed by atoms with E-state index < -0.39 is 0 Å². The van der Waals surface area contributed by atoms with E-state index in [2.05, 4.69) is 79.2 Å². The fourth-order valence-electron chi connectivity index (χ4n) is 5.09. The summed E-state index contributed by atoms with van der Waals surface area (Å²) in [5.74, 6) is 3.27. The monoisotopic (exact) mass is 544 g/mol. The molecule has 2 aliphatic heterocycles. The first-order chi connectivity index (χ1) is 20.3. The Morgan fingerprint density at radius 1 is 0.927 bits per heavy atom. The van der Waals surface area contributed by atoms with Gasteiger partial charge < -0.3 is 25.6 Å². The van der Waals surface area contributed by atoms with E-state index in [9.17, 15) is 0 Å². The smallest absolute Gasteiger partial charge is 0.225 e. The van der Waals surface area contributed by atoms with Crippen LogP contribution >= 0.6 is 0 Å². The molecule has 1 saturated heterocycles. The Morgan fingerprint density at radius 3 is 2.56 bits per heavy atom. The SMILES string of the molecule is C1=COC(CNc2nc(Nc3cc(C4CC4)[nH]n3)cc(-c3ccc(N4CCNCC4)cc3)n2)=CC=1c1ccccc1. The lowest BCUT2D eigenvalue weighted by atomic mass is 10.1. The molecule has 9 nitrogen and oxygen atoms in total. The topological polar surface area (TPSA) is 103 Å². The average Bonchev–Trinajstić information content (AvgIpc) is 3.79. The van der Waals surface area contributed by atoms with Crippen molar-refractivity contribution in [2.75, 3.05) is 48.3 Å². The van der Waals surface area contributed by atoms with Gasteiger partial charge >= 0.3 is 0 Å². The molecule has 3 aliphatic rings. The number of anilines is 4. The Balaban J connectivity index is 1.13. The lowest BCUT2D eigenvalue weighted by Crippen LogP contribution is -2.43. The van der Waals surface area contributed by atoms with Crippen LogP contribution in [0.25, 0.3) is 16.8 Å². The van der Waals surface area contributed by atoms with Crippen LogP contribution in [-0.2, 0) is 4.74 Å². The van der Waals surface area contributed by atoms with E-state index in [4.69, 9.17) is 14.7 Å². The lowest BCUT2D eigenvalue weighted by Gasteiger charge is -2.29. The van der Waals surface area contributed by atoms with E-state index in [1.165, 1.54) is 24.2 Å². The highest BCUT2D eigenvalue weighted by Gasteiger charge is 2.25. The molecule has 2 aromatic heterocycles. The molecular formula is C32H32N8O. The van der Waals surface area contributed by atoms with Gasteiger partial charge in [-0.05, 0) is 36.6 Å². The summed E-state index contributed by atoms with van der Waals surface area (Å²) in [6, 6.07) is 22.8. The van der Waals surface area contributed by atoms with Crippen LogP contribution in [0.15, 0.2) is 90.6 Å². The first kappa shape index (κ1) is 25.1. The molecule has 0 radical (unpaired) electrons. The molecule has 1 aliphatic carbocycles. The minimum atomic E-state index is 0.424. The third-order valence-corrected chi connectivity index (χ3v) is 7.48. The molecule has 1 saturated carbocycles. The van der Waals surface area contributed by atoms with Crippen molar-refractivity contribution in [2.45, 2.75) is 18.8 Å². The predicted octanol–water partition coefficient (Wildman–Crippen LogP) is 5.42. The number of hydrogen-bond donors (Lipinski definition) is 4. The molecule has 0 bridgehead atoms. The van der Waals surface area contributed by atoms with Gasteiger partial charge in [0.1, 0.15) is 17.8 Å². The van der Waals surface area contributed by atoms with E-state index in [0.717, 1.165) is 60.1 Å². The second-order valence-electron chi connectivity index (χ2n) is 10.5. The molecule has 7 rings (SSSR count). The predicted molar refractivity (Wildman–Crippen MR) is 162 cm³/mol. The van der Waals surface area contributed by atoms with E-state index in [-0.39, 0.29) is 0 Å². The van der Waals surface area contributed by atoms with Crippen molar-refractivity contribution in [1.82, 2.24) is 25.5 Å². The van der Waals surface area contributed by atoms with Gasteiger partial charge in [0.2, 0.25) is 5.95 Å². The first-order valence-electron chi connectivity index (χ1n) is 14.2.